The van der Waals surface area contributed by atoms with Gasteiger partial charge < -0.3 is 19.7 Å². The highest BCUT2D eigenvalue weighted by Gasteiger charge is 2.28. The number of fused-ring (bicyclic) bond motifs is 1. The standard InChI is InChI=1S/C29H27N7O3/c1-2-28(37)33-27-8-7-25(16-31-27)39-26-13-21(17-36-29(26)22(14-30)15-32-36)20-3-5-23(6-4-20)34-9-11-35(12-10-34)24-18-38-19-24/h2-8,13,15-17,24H,1,9-12,18-19H2,(H,31,33,37). The maximum Gasteiger partial charge on any atom is 0.248 e. The zero-order chi connectivity index (χ0) is 26.8. The molecule has 0 spiro atoms. The van der Waals surface area contributed by atoms with Crippen LogP contribution in [0, 0.1) is 11.3 Å². The number of carbonyl (C=O) groups excluding carboxylic acids is 1. The van der Waals surface area contributed by atoms with Gasteiger partial charge in [0.15, 0.2) is 5.75 Å². The molecule has 2 saturated heterocycles. The van der Waals surface area contributed by atoms with Crippen molar-refractivity contribution in [3.05, 3.63) is 79.3 Å². The Morgan fingerprint density at radius 2 is 1.90 bits per heavy atom. The second-order valence-electron chi connectivity index (χ2n) is 9.49. The van der Waals surface area contributed by atoms with Crippen molar-refractivity contribution in [2.45, 2.75) is 6.04 Å². The van der Waals surface area contributed by atoms with Crippen LogP contribution in [0.5, 0.6) is 11.5 Å². The number of rotatable bonds is 7. The third-order valence-corrected chi connectivity index (χ3v) is 7.12. The molecule has 1 amide bonds. The fourth-order valence-electron chi connectivity index (χ4n) is 4.86. The van der Waals surface area contributed by atoms with Gasteiger partial charge in [0.05, 0.1) is 31.6 Å². The fraction of sp³-hybridized carbons (Fsp3) is 0.241. The minimum Gasteiger partial charge on any atom is -0.453 e. The molecule has 0 saturated carbocycles. The highest BCUT2D eigenvalue weighted by molar-refractivity contribution is 5.98. The van der Waals surface area contributed by atoms with E-state index in [-0.39, 0.29) is 5.91 Å². The smallest absolute Gasteiger partial charge is 0.248 e. The molecule has 1 aromatic carbocycles. The second-order valence-corrected chi connectivity index (χ2v) is 9.49. The lowest BCUT2D eigenvalue weighted by molar-refractivity contribution is -0.111. The van der Waals surface area contributed by atoms with Gasteiger partial charge in [0, 0.05) is 43.6 Å². The van der Waals surface area contributed by atoms with Crippen LogP contribution < -0.4 is 15.0 Å². The van der Waals surface area contributed by atoms with Gasteiger partial charge in [-0.05, 0) is 42.0 Å². The maximum absolute atomic E-state index is 11.5. The molecule has 6 rings (SSSR count). The molecule has 10 nitrogen and oxygen atoms in total. The molecule has 10 heteroatoms. The van der Waals surface area contributed by atoms with Crippen molar-refractivity contribution in [2.24, 2.45) is 0 Å². The lowest BCUT2D eigenvalue weighted by atomic mass is 10.1. The molecule has 0 radical (unpaired) electrons. The van der Waals surface area contributed by atoms with Gasteiger partial charge in [0.2, 0.25) is 5.91 Å². The SMILES string of the molecule is C=CC(=O)Nc1ccc(Oc2cc(-c3ccc(N4CCN(C5COC5)CC4)cc3)cn3ncc(C#N)c23)cn1. The number of ether oxygens (including phenoxy) is 2. The van der Waals surface area contributed by atoms with Crippen LogP contribution in [-0.2, 0) is 9.53 Å². The number of benzene rings is 1. The van der Waals surface area contributed by atoms with Crippen LogP contribution in [0.25, 0.3) is 16.6 Å². The van der Waals surface area contributed by atoms with Gasteiger partial charge in [-0.15, -0.1) is 0 Å². The molecule has 2 aliphatic rings. The molecule has 0 atom stereocenters. The number of nitrogens with one attached hydrogen (secondary N) is 1. The van der Waals surface area contributed by atoms with Crippen LogP contribution in [0.3, 0.4) is 0 Å². The monoisotopic (exact) mass is 521 g/mol. The third kappa shape index (κ3) is 5.05. The Hall–Kier alpha value is -4.72. The number of piperazine rings is 1. The minimum absolute atomic E-state index is 0.347. The summed E-state index contributed by atoms with van der Waals surface area (Å²) in [5.74, 6) is 0.970. The largest absolute Gasteiger partial charge is 0.453 e. The predicted molar refractivity (Wildman–Crippen MR) is 147 cm³/mol. The number of nitriles is 1. The van der Waals surface area contributed by atoms with Crippen molar-refractivity contribution in [1.29, 1.82) is 5.26 Å². The van der Waals surface area contributed by atoms with E-state index >= 15 is 0 Å². The summed E-state index contributed by atoms with van der Waals surface area (Å²) in [5.41, 5.74) is 4.07. The number of amides is 1. The average molecular weight is 522 g/mol. The number of anilines is 2. The van der Waals surface area contributed by atoms with E-state index in [9.17, 15) is 10.1 Å². The Balaban J connectivity index is 1.23. The first-order valence-corrected chi connectivity index (χ1v) is 12.8. The topological polar surface area (TPSA) is 108 Å². The third-order valence-electron chi connectivity index (χ3n) is 7.12. The summed E-state index contributed by atoms with van der Waals surface area (Å²) in [6.07, 6.45) is 6.10. The number of nitrogens with zero attached hydrogens (tertiary/aromatic N) is 6. The van der Waals surface area contributed by atoms with Crippen molar-refractivity contribution >= 4 is 22.9 Å². The van der Waals surface area contributed by atoms with E-state index in [2.05, 4.69) is 62.1 Å². The first-order valence-electron chi connectivity index (χ1n) is 12.8. The van der Waals surface area contributed by atoms with Gasteiger partial charge in [0.1, 0.15) is 28.7 Å². The minimum atomic E-state index is -0.347. The molecular formula is C29H27N7O3. The molecule has 0 unspecified atom stereocenters. The molecule has 1 N–H and O–H groups in total. The first-order chi connectivity index (χ1) is 19.1. The molecule has 0 aliphatic carbocycles. The van der Waals surface area contributed by atoms with Crippen molar-refractivity contribution < 1.29 is 14.3 Å². The molecule has 4 aromatic rings. The van der Waals surface area contributed by atoms with Crippen LogP contribution in [0.1, 0.15) is 5.56 Å². The number of pyridine rings is 2. The van der Waals surface area contributed by atoms with Crippen molar-refractivity contribution in [3.8, 4) is 28.7 Å². The van der Waals surface area contributed by atoms with Gasteiger partial charge in [-0.2, -0.15) is 10.4 Å². The Labute approximate surface area is 225 Å². The predicted octanol–water partition coefficient (Wildman–Crippen LogP) is 3.71. The van der Waals surface area contributed by atoms with Crippen LogP contribution in [-0.4, -0.2) is 70.8 Å². The Morgan fingerprint density at radius 1 is 1.10 bits per heavy atom. The van der Waals surface area contributed by atoms with E-state index in [1.165, 1.54) is 24.2 Å². The van der Waals surface area contributed by atoms with Gasteiger partial charge in [-0.25, -0.2) is 9.50 Å². The quantitative estimate of drug-likeness (QED) is 0.367. The van der Waals surface area contributed by atoms with Crippen molar-refractivity contribution in [2.75, 3.05) is 49.6 Å². The van der Waals surface area contributed by atoms with Gasteiger partial charge >= 0.3 is 0 Å². The van der Waals surface area contributed by atoms with Crippen LogP contribution in [0.4, 0.5) is 11.5 Å². The molecule has 2 fully saturated rings. The first kappa shape index (κ1) is 24.6. The maximum atomic E-state index is 11.5. The summed E-state index contributed by atoms with van der Waals surface area (Å²) in [5, 5.41) is 16.6. The number of carbonyl (C=O) groups is 1. The van der Waals surface area contributed by atoms with E-state index in [1.807, 2.05) is 12.3 Å². The lowest BCUT2D eigenvalue weighted by Gasteiger charge is -2.43. The van der Waals surface area contributed by atoms with Gasteiger partial charge in [0.25, 0.3) is 0 Å². The number of aromatic nitrogens is 3. The average Bonchev–Trinajstić information content (AvgIpc) is 3.37. The molecule has 2 aliphatic heterocycles. The summed E-state index contributed by atoms with van der Waals surface area (Å²) in [7, 11) is 0. The van der Waals surface area contributed by atoms with Crippen molar-refractivity contribution in [3.63, 3.8) is 0 Å². The van der Waals surface area contributed by atoms with Gasteiger partial charge in [-0.3, -0.25) is 9.69 Å². The molecule has 3 aromatic heterocycles. The van der Waals surface area contributed by atoms with Crippen LogP contribution in [0.15, 0.2) is 73.7 Å². The Bertz CT molecular complexity index is 1550. The molecule has 196 valence electrons. The molecule has 39 heavy (non-hydrogen) atoms. The highest BCUT2D eigenvalue weighted by atomic mass is 16.5. The van der Waals surface area contributed by atoms with Crippen molar-refractivity contribution in [1.82, 2.24) is 19.5 Å². The Kier molecular flexibility index (Phi) is 6.67. The van der Waals surface area contributed by atoms with Gasteiger partial charge in [-0.1, -0.05) is 18.7 Å². The normalized spacial score (nSPS) is 15.9. The van der Waals surface area contributed by atoms with E-state index < -0.39 is 0 Å². The zero-order valence-corrected chi connectivity index (χ0v) is 21.3. The Morgan fingerprint density at radius 3 is 2.54 bits per heavy atom. The molecular weight excluding hydrogens is 494 g/mol. The van der Waals surface area contributed by atoms with E-state index in [0.29, 0.717) is 34.4 Å². The summed E-state index contributed by atoms with van der Waals surface area (Å²) < 4.78 is 13.2. The molecule has 0 bridgehead atoms. The highest BCUT2D eigenvalue weighted by Crippen LogP contribution is 2.34. The number of hydrogen-bond donors (Lipinski definition) is 1. The van der Waals surface area contributed by atoms with E-state index in [4.69, 9.17) is 9.47 Å². The summed E-state index contributed by atoms with van der Waals surface area (Å²) >= 11 is 0. The zero-order valence-electron chi connectivity index (χ0n) is 21.3. The van der Waals surface area contributed by atoms with Crippen LogP contribution in [0.2, 0.25) is 0 Å². The fourth-order valence-corrected chi connectivity index (χ4v) is 4.86. The van der Waals surface area contributed by atoms with E-state index in [1.54, 1.807) is 16.6 Å². The second kappa shape index (κ2) is 10.6. The molecule has 5 heterocycles. The lowest BCUT2D eigenvalue weighted by Crippen LogP contribution is -2.56. The number of hydrogen-bond acceptors (Lipinski definition) is 8. The summed E-state index contributed by atoms with van der Waals surface area (Å²) in [6, 6.07) is 16.5. The summed E-state index contributed by atoms with van der Waals surface area (Å²) in [6.45, 7) is 9.23. The van der Waals surface area contributed by atoms with E-state index in [0.717, 1.165) is 50.5 Å². The van der Waals surface area contributed by atoms with Crippen LogP contribution >= 0.6 is 0 Å². The summed E-state index contributed by atoms with van der Waals surface area (Å²) in [4.78, 5) is 20.7.